The first-order chi connectivity index (χ1) is 9.70. The van der Waals surface area contributed by atoms with Crippen molar-refractivity contribution in [2.45, 2.75) is 13.5 Å². The van der Waals surface area contributed by atoms with Crippen molar-refractivity contribution < 1.29 is 14.3 Å². The molecule has 0 spiro atoms. The zero-order valence-electron chi connectivity index (χ0n) is 11.0. The van der Waals surface area contributed by atoms with Crippen LogP contribution in [0.15, 0.2) is 35.7 Å². The molecule has 0 radical (unpaired) electrons. The summed E-state index contributed by atoms with van der Waals surface area (Å²) < 4.78 is 4.83. The van der Waals surface area contributed by atoms with Crippen molar-refractivity contribution >= 4 is 23.2 Å². The van der Waals surface area contributed by atoms with Gasteiger partial charge in [-0.05, 0) is 12.5 Å². The van der Waals surface area contributed by atoms with Crippen molar-refractivity contribution in [1.82, 2.24) is 10.3 Å². The predicted molar refractivity (Wildman–Crippen MR) is 75.7 cm³/mol. The van der Waals surface area contributed by atoms with Gasteiger partial charge < -0.3 is 10.1 Å². The fraction of sp³-hybridized carbons (Fsp3) is 0.214. The third kappa shape index (κ3) is 3.64. The van der Waals surface area contributed by atoms with Gasteiger partial charge in [0.15, 0.2) is 0 Å². The minimum atomic E-state index is -0.500. The van der Waals surface area contributed by atoms with Gasteiger partial charge in [-0.2, -0.15) is 0 Å². The van der Waals surface area contributed by atoms with Crippen LogP contribution >= 0.6 is 11.3 Å². The SMILES string of the molecule is CCOC(=O)c1nc(C(=O)NCc2ccccc2)cs1. The Morgan fingerprint density at radius 1 is 1.30 bits per heavy atom. The number of nitrogens with one attached hydrogen (secondary N) is 1. The minimum Gasteiger partial charge on any atom is -0.461 e. The van der Waals surface area contributed by atoms with E-state index in [1.54, 1.807) is 12.3 Å². The highest BCUT2D eigenvalue weighted by Gasteiger charge is 2.15. The van der Waals surface area contributed by atoms with E-state index < -0.39 is 5.97 Å². The molecular formula is C14H14N2O3S. The molecule has 0 atom stereocenters. The highest BCUT2D eigenvalue weighted by Crippen LogP contribution is 2.11. The van der Waals surface area contributed by atoms with E-state index in [1.807, 2.05) is 30.3 Å². The first kappa shape index (κ1) is 14.2. The smallest absolute Gasteiger partial charge is 0.367 e. The van der Waals surface area contributed by atoms with Crippen LogP contribution in [0.3, 0.4) is 0 Å². The second kappa shape index (κ2) is 6.81. The van der Waals surface area contributed by atoms with Gasteiger partial charge in [-0.3, -0.25) is 4.79 Å². The van der Waals surface area contributed by atoms with Gasteiger partial charge in [0, 0.05) is 11.9 Å². The molecule has 6 heteroatoms. The molecule has 0 aliphatic carbocycles. The van der Waals surface area contributed by atoms with E-state index in [-0.39, 0.29) is 23.2 Å². The second-order valence-corrected chi connectivity index (χ2v) is 4.78. The van der Waals surface area contributed by atoms with Gasteiger partial charge in [0.25, 0.3) is 5.91 Å². The van der Waals surface area contributed by atoms with Gasteiger partial charge in [0.2, 0.25) is 5.01 Å². The maximum absolute atomic E-state index is 11.9. The summed E-state index contributed by atoms with van der Waals surface area (Å²) in [4.78, 5) is 27.3. The molecule has 0 aliphatic rings. The Bertz CT molecular complexity index is 595. The number of thiazole rings is 1. The number of ether oxygens (including phenoxy) is 1. The lowest BCUT2D eigenvalue weighted by Crippen LogP contribution is -2.23. The Morgan fingerprint density at radius 3 is 2.75 bits per heavy atom. The summed E-state index contributed by atoms with van der Waals surface area (Å²) in [5.74, 6) is -0.805. The van der Waals surface area contributed by atoms with Crippen LogP contribution in [0.25, 0.3) is 0 Å². The van der Waals surface area contributed by atoms with E-state index in [2.05, 4.69) is 10.3 Å². The van der Waals surface area contributed by atoms with Crippen molar-refractivity contribution in [2.24, 2.45) is 0 Å². The van der Waals surface area contributed by atoms with E-state index >= 15 is 0 Å². The normalized spacial score (nSPS) is 10.1. The number of carbonyl (C=O) groups is 2. The van der Waals surface area contributed by atoms with E-state index in [9.17, 15) is 9.59 Å². The van der Waals surface area contributed by atoms with Crippen LogP contribution in [0.4, 0.5) is 0 Å². The molecule has 1 aromatic heterocycles. The Labute approximate surface area is 120 Å². The Kier molecular flexibility index (Phi) is 4.84. The van der Waals surface area contributed by atoms with Gasteiger partial charge in [-0.1, -0.05) is 30.3 Å². The number of benzene rings is 1. The summed E-state index contributed by atoms with van der Waals surface area (Å²) in [5.41, 5.74) is 1.23. The molecule has 2 aromatic rings. The summed E-state index contributed by atoms with van der Waals surface area (Å²) in [5, 5.41) is 4.49. The largest absolute Gasteiger partial charge is 0.461 e. The fourth-order valence-electron chi connectivity index (χ4n) is 1.53. The lowest BCUT2D eigenvalue weighted by Gasteiger charge is -2.02. The van der Waals surface area contributed by atoms with Crippen LogP contribution in [0.2, 0.25) is 0 Å². The Hall–Kier alpha value is -2.21. The summed E-state index contributed by atoms with van der Waals surface area (Å²) in [6, 6.07) is 9.57. The third-order valence-corrected chi connectivity index (χ3v) is 3.31. The lowest BCUT2D eigenvalue weighted by atomic mass is 10.2. The standard InChI is InChI=1S/C14H14N2O3S/c1-2-19-14(18)13-16-11(9-20-13)12(17)15-8-10-6-4-3-5-7-10/h3-7,9H,2,8H2,1H3,(H,15,17). The number of hydrogen-bond donors (Lipinski definition) is 1. The predicted octanol–water partition coefficient (Wildman–Crippen LogP) is 2.25. The molecule has 5 nitrogen and oxygen atoms in total. The molecule has 0 saturated carbocycles. The average molecular weight is 290 g/mol. The Balaban J connectivity index is 1.94. The molecular weight excluding hydrogens is 276 g/mol. The number of rotatable bonds is 5. The lowest BCUT2D eigenvalue weighted by molar-refractivity contribution is 0.0526. The number of aromatic nitrogens is 1. The molecule has 1 aromatic carbocycles. The van der Waals surface area contributed by atoms with E-state index in [4.69, 9.17) is 4.74 Å². The van der Waals surface area contributed by atoms with Crippen LogP contribution in [0.5, 0.6) is 0 Å². The van der Waals surface area contributed by atoms with Gasteiger partial charge >= 0.3 is 5.97 Å². The minimum absolute atomic E-state index is 0.191. The maximum atomic E-state index is 11.9. The molecule has 2 rings (SSSR count). The molecule has 0 bridgehead atoms. The maximum Gasteiger partial charge on any atom is 0.367 e. The first-order valence-corrected chi connectivity index (χ1v) is 7.03. The molecule has 0 fully saturated rings. The first-order valence-electron chi connectivity index (χ1n) is 6.15. The highest BCUT2D eigenvalue weighted by molar-refractivity contribution is 7.11. The molecule has 1 heterocycles. The summed E-state index contributed by atoms with van der Waals surface area (Å²) >= 11 is 1.10. The fourth-order valence-corrected chi connectivity index (χ4v) is 2.22. The molecule has 104 valence electrons. The van der Waals surface area contributed by atoms with Crippen LogP contribution in [0, 0.1) is 0 Å². The Morgan fingerprint density at radius 2 is 2.05 bits per heavy atom. The van der Waals surface area contributed by atoms with Crippen LogP contribution in [-0.4, -0.2) is 23.5 Å². The highest BCUT2D eigenvalue weighted by atomic mass is 32.1. The van der Waals surface area contributed by atoms with Crippen LogP contribution in [-0.2, 0) is 11.3 Å². The van der Waals surface area contributed by atoms with E-state index in [1.165, 1.54) is 0 Å². The zero-order valence-corrected chi connectivity index (χ0v) is 11.8. The zero-order chi connectivity index (χ0) is 14.4. The average Bonchev–Trinajstić information content (AvgIpc) is 2.96. The van der Waals surface area contributed by atoms with E-state index in [0.717, 1.165) is 16.9 Å². The number of carbonyl (C=O) groups excluding carboxylic acids is 2. The van der Waals surface area contributed by atoms with Gasteiger partial charge in [0.1, 0.15) is 5.69 Å². The monoisotopic (exact) mass is 290 g/mol. The molecule has 0 saturated heterocycles. The summed E-state index contributed by atoms with van der Waals surface area (Å²) in [6.45, 7) is 2.43. The van der Waals surface area contributed by atoms with E-state index in [0.29, 0.717) is 6.54 Å². The molecule has 0 aliphatic heterocycles. The van der Waals surface area contributed by atoms with Crippen molar-refractivity contribution in [2.75, 3.05) is 6.61 Å². The molecule has 0 unspecified atom stereocenters. The van der Waals surface area contributed by atoms with Crippen LogP contribution in [0.1, 0.15) is 32.8 Å². The quantitative estimate of drug-likeness (QED) is 0.858. The summed E-state index contributed by atoms with van der Waals surface area (Å²) in [6.07, 6.45) is 0. The molecule has 1 amide bonds. The third-order valence-electron chi connectivity index (χ3n) is 2.48. The van der Waals surface area contributed by atoms with Crippen molar-refractivity contribution in [3.63, 3.8) is 0 Å². The topological polar surface area (TPSA) is 68.3 Å². The van der Waals surface area contributed by atoms with Crippen molar-refractivity contribution in [3.05, 3.63) is 52.0 Å². The number of hydrogen-bond acceptors (Lipinski definition) is 5. The number of nitrogens with zero attached hydrogens (tertiary/aromatic N) is 1. The molecule has 20 heavy (non-hydrogen) atoms. The van der Waals surface area contributed by atoms with Crippen LogP contribution < -0.4 is 5.32 Å². The van der Waals surface area contributed by atoms with Crippen molar-refractivity contribution in [1.29, 1.82) is 0 Å². The van der Waals surface area contributed by atoms with Gasteiger partial charge in [0.05, 0.1) is 6.61 Å². The van der Waals surface area contributed by atoms with Crippen molar-refractivity contribution in [3.8, 4) is 0 Å². The van der Waals surface area contributed by atoms with Gasteiger partial charge in [-0.15, -0.1) is 11.3 Å². The molecule has 1 N–H and O–H groups in total. The number of amides is 1. The van der Waals surface area contributed by atoms with Gasteiger partial charge in [-0.25, -0.2) is 9.78 Å². The second-order valence-electron chi connectivity index (χ2n) is 3.93. The summed E-state index contributed by atoms with van der Waals surface area (Å²) in [7, 11) is 0. The number of esters is 1.